The van der Waals surface area contributed by atoms with E-state index < -0.39 is 5.60 Å². The molecule has 1 aliphatic heterocycles. The Morgan fingerprint density at radius 2 is 1.74 bits per heavy atom. The van der Waals surface area contributed by atoms with Crippen molar-refractivity contribution >= 4 is 50.9 Å². The number of benzene rings is 1. The van der Waals surface area contributed by atoms with Crippen LogP contribution in [0.15, 0.2) is 24.3 Å². The maximum atomic E-state index is 12.4. The van der Waals surface area contributed by atoms with Crippen molar-refractivity contribution in [3.05, 3.63) is 34.7 Å². The quantitative estimate of drug-likeness (QED) is 0.330. The molecule has 1 aromatic carbocycles. The van der Waals surface area contributed by atoms with E-state index in [2.05, 4.69) is 22.3 Å². The van der Waals surface area contributed by atoms with Gasteiger partial charge in [-0.25, -0.2) is 9.78 Å². The first-order valence-corrected chi connectivity index (χ1v) is 16.3. The molecule has 3 N–H and O–H groups in total. The Kier molecular flexibility index (Phi) is 8.35. The number of rotatable bonds is 7. The molecule has 0 radical (unpaired) electrons. The number of ether oxygens (including phenoxy) is 2. The van der Waals surface area contributed by atoms with Crippen LogP contribution in [0.3, 0.4) is 0 Å². The zero-order chi connectivity index (χ0) is 30.1. The van der Waals surface area contributed by atoms with E-state index in [0.29, 0.717) is 31.3 Å². The van der Waals surface area contributed by atoms with Crippen LogP contribution in [0.25, 0.3) is 10.2 Å². The highest BCUT2D eigenvalue weighted by atomic mass is 32.1. The summed E-state index contributed by atoms with van der Waals surface area (Å²) >= 11 is 1.68. The molecule has 2 amide bonds. The molecule has 0 bridgehead atoms. The van der Waals surface area contributed by atoms with E-state index in [-0.39, 0.29) is 24.0 Å². The average Bonchev–Trinajstić information content (AvgIpc) is 3.52. The third kappa shape index (κ3) is 6.82. The molecule has 6 rings (SSSR count). The lowest BCUT2D eigenvalue weighted by Crippen LogP contribution is -2.50. The number of aryl methyl sites for hydroxylation is 1. The van der Waals surface area contributed by atoms with E-state index >= 15 is 0 Å². The Morgan fingerprint density at radius 1 is 1.02 bits per heavy atom. The summed E-state index contributed by atoms with van der Waals surface area (Å²) in [6.07, 6.45) is 7.70. The Morgan fingerprint density at radius 3 is 2.42 bits per heavy atom. The third-order valence-corrected chi connectivity index (χ3v) is 9.62. The fourth-order valence-electron chi connectivity index (χ4n) is 6.39. The van der Waals surface area contributed by atoms with Gasteiger partial charge in [0.1, 0.15) is 16.5 Å². The van der Waals surface area contributed by atoms with Crippen molar-refractivity contribution in [3.8, 4) is 5.88 Å². The van der Waals surface area contributed by atoms with Gasteiger partial charge in [-0.2, -0.15) is 4.98 Å². The zero-order valence-electron chi connectivity index (χ0n) is 25.4. The summed E-state index contributed by atoms with van der Waals surface area (Å²) in [6.45, 7) is 8.40. The Bertz CT molecular complexity index is 1470. The van der Waals surface area contributed by atoms with Crippen molar-refractivity contribution in [2.24, 2.45) is 5.73 Å². The monoisotopic (exact) mass is 606 g/mol. The van der Waals surface area contributed by atoms with Crippen LogP contribution in [0.5, 0.6) is 5.88 Å². The van der Waals surface area contributed by atoms with Crippen LogP contribution in [-0.4, -0.2) is 64.8 Å². The van der Waals surface area contributed by atoms with Crippen LogP contribution >= 0.6 is 11.3 Å². The number of carbonyl (C=O) groups excluding carboxylic acids is 2. The molecular weight excluding hydrogens is 564 g/mol. The molecule has 2 fully saturated rings. The normalized spacial score (nSPS) is 19.4. The number of amides is 2. The molecule has 3 aromatic rings. The lowest BCUT2D eigenvalue weighted by Gasteiger charge is -2.36. The predicted octanol–water partition coefficient (Wildman–Crippen LogP) is 6.11. The second-order valence-electron chi connectivity index (χ2n) is 12.9. The van der Waals surface area contributed by atoms with Crippen LogP contribution in [-0.2, 0) is 16.0 Å². The molecule has 1 saturated carbocycles. The molecule has 3 heterocycles. The number of primary amides is 1. The van der Waals surface area contributed by atoms with E-state index in [9.17, 15) is 9.59 Å². The maximum absolute atomic E-state index is 12.4. The Balaban J connectivity index is 1.18. The predicted molar refractivity (Wildman–Crippen MR) is 170 cm³/mol. The van der Waals surface area contributed by atoms with Crippen LogP contribution in [0, 0.1) is 0 Å². The highest BCUT2D eigenvalue weighted by Gasteiger charge is 2.32. The smallest absolute Gasteiger partial charge is 0.410 e. The molecule has 3 aliphatic rings. The number of anilines is 3. The highest BCUT2D eigenvalue weighted by Crippen LogP contribution is 2.48. The van der Waals surface area contributed by atoms with Crippen molar-refractivity contribution < 1.29 is 19.1 Å². The minimum absolute atomic E-state index is 0.0934. The van der Waals surface area contributed by atoms with E-state index in [0.717, 1.165) is 65.9 Å². The Hall–Kier alpha value is -3.60. The Labute approximate surface area is 256 Å². The molecular formula is C32H42N6O4S. The van der Waals surface area contributed by atoms with E-state index in [4.69, 9.17) is 25.2 Å². The molecule has 1 saturated heterocycles. The SMILES string of the molecule is CC(C)(C)OC(=O)N1CCN(c2ccc(Nc3nc(OC4CCCCC4)c4c5c(sc4n3)CCC5CC(N)=O)cc2)CC1. The number of fused-ring (bicyclic) bond motifs is 3. The first-order chi connectivity index (χ1) is 20.6. The number of hydrogen-bond donors (Lipinski definition) is 2. The van der Waals surface area contributed by atoms with Crippen molar-refractivity contribution in [1.82, 2.24) is 14.9 Å². The summed E-state index contributed by atoms with van der Waals surface area (Å²) in [7, 11) is 0. The number of nitrogens with one attached hydrogen (secondary N) is 1. The van der Waals surface area contributed by atoms with Crippen molar-refractivity contribution in [3.63, 3.8) is 0 Å². The van der Waals surface area contributed by atoms with Crippen LogP contribution in [0.2, 0.25) is 0 Å². The summed E-state index contributed by atoms with van der Waals surface area (Å²) in [6, 6.07) is 8.22. The molecule has 1 atom stereocenters. The second kappa shape index (κ2) is 12.2. The topological polar surface area (TPSA) is 123 Å². The number of carbonyl (C=O) groups is 2. The number of nitrogens with zero attached hydrogens (tertiary/aromatic N) is 4. The van der Waals surface area contributed by atoms with Gasteiger partial charge in [-0.15, -0.1) is 11.3 Å². The van der Waals surface area contributed by atoms with E-state index in [1.165, 1.54) is 24.1 Å². The van der Waals surface area contributed by atoms with Crippen molar-refractivity contribution in [2.45, 2.75) is 89.8 Å². The fourth-order valence-corrected chi connectivity index (χ4v) is 7.65. The van der Waals surface area contributed by atoms with Crippen LogP contribution in [0.4, 0.5) is 22.1 Å². The minimum atomic E-state index is -0.495. The standard InChI is InChI=1S/C32H42N6O4S/c1-32(2,3)42-31(40)38-17-15-37(16-18-38)22-12-10-21(11-13-22)34-30-35-28(41-23-7-5-4-6-8-23)27-26-20(19-25(33)39)9-14-24(26)43-29(27)36-30/h10-13,20,23H,4-9,14-19H2,1-3H3,(H2,33,39)(H,34,35,36). The number of hydrogen-bond acceptors (Lipinski definition) is 9. The lowest BCUT2D eigenvalue weighted by atomic mass is 9.96. The van der Waals surface area contributed by atoms with Gasteiger partial charge in [-0.3, -0.25) is 4.79 Å². The van der Waals surface area contributed by atoms with Crippen molar-refractivity contribution in [2.75, 3.05) is 36.4 Å². The van der Waals surface area contributed by atoms with Gasteiger partial charge in [-0.1, -0.05) is 6.42 Å². The molecule has 10 nitrogen and oxygen atoms in total. The van der Waals surface area contributed by atoms with Crippen LogP contribution < -0.4 is 20.7 Å². The van der Waals surface area contributed by atoms with Gasteiger partial charge >= 0.3 is 6.09 Å². The first-order valence-electron chi connectivity index (χ1n) is 15.5. The second-order valence-corrected chi connectivity index (χ2v) is 14.0. The molecule has 1 unspecified atom stereocenters. The molecule has 43 heavy (non-hydrogen) atoms. The van der Waals surface area contributed by atoms with Gasteiger partial charge in [0.15, 0.2) is 0 Å². The largest absolute Gasteiger partial charge is 0.474 e. The summed E-state index contributed by atoms with van der Waals surface area (Å²) in [5.41, 5.74) is 8.25. The van der Waals surface area contributed by atoms with E-state index in [1.54, 1.807) is 16.2 Å². The average molecular weight is 607 g/mol. The first kappa shape index (κ1) is 29.5. The highest BCUT2D eigenvalue weighted by molar-refractivity contribution is 7.19. The summed E-state index contributed by atoms with van der Waals surface area (Å²) < 4.78 is 12.1. The van der Waals surface area contributed by atoms with Gasteiger partial charge < -0.3 is 30.3 Å². The molecule has 230 valence electrons. The summed E-state index contributed by atoms with van der Waals surface area (Å²) in [5, 5.41) is 4.36. The lowest BCUT2D eigenvalue weighted by molar-refractivity contribution is -0.118. The number of piperazine rings is 1. The van der Waals surface area contributed by atoms with Gasteiger partial charge in [-0.05, 0) is 95.0 Å². The molecule has 2 aliphatic carbocycles. The molecule has 0 spiro atoms. The zero-order valence-corrected chi connectivity index (χ0v) is 26.2. The number of aromatic nitrogens is 2. The summed E-state index contributed by atoms with van der Waals surface area (Å²) in [5.74, 6) is 0.937. The van der Waals surface area contributed by atoms with Gasteiger partial charge in [0, 0.05) is 48.9 Å². The van der Waals surface area contributed by atoms with E-state index in [1.807, 2.05) is 32.9 Å². The number of thiophene rings is 1. The molecule has 11 heteroatoms. The van der Waals surface area contributed by atoms with Gasteiger partial charge in [0.2, 0.25) is 17.7 Å². The number of nitrogens with two attached hydrogens (primary N) is 1. The maximum Gasteiger partial charge on any atom is 0.410 e. The molecule has 2 aromatic heterocycles. The fraction of sp³-hybridized carbons (Fsp3) is 0.562. The van der Waals surface area contributed by atoms with Crippen LogP contribution in [0.1, 0.15) is 82.1 Å². The van der Waals surface area contributed by atoms with Gasteiger partial charge in [0.05, 0.1) is 5.39 Å². The minimum Gasteiger partial charge on any atom is -0.474 e. The summed E-state index contributed by atoms with van der Waals surface area (Å²) in [4.78, 5) is 40.3. The van der Waals surface area contributed by atoms with Gasteiger partial charge in [0.25, 0.3) is 0 Å². The third-order valence-electron chi connectivity index (χ3n) is 8.46. The van der Waals surface area contributed by atoms with Crippen molar-refractivity contribution in [1.29, 1.82) is 0 Å².